The fourth-order valence-electron chi connectivity index (χ4n) is 1.95. The van der Waals surface area contributed by atoms with Crippen LogP contribution in [0.25, 0.3) is 0 Å². The number of aliphatic hydroxyl groups is 2. The fraction of sp³-hybridized carbons (Fsp3) is 0.0769. The van der Waals surface area contributed by atoms with Gasteiger partial charge in [-0.05, 0) is 17.7 Å². The first kappa shape index (κ1) is 14.1. The Bertz CT molecular complexity index is 690. The number of allylic oxidation sites excluding steroid dienone is 2. The maximum atomic E-state index is 9.70. The topological polar surface area (TPSA) is 100 Å². The van der Waals surface area contributed by atoms with Crippen molar-refractivity contribution in [2.24, 2.45) is 0 Å². The van der Waals surface area contributed by atoms with Gasteiger partial charge in [-0.2, -0.15) is 10.5 Å². The number of dihydropyridines is 1. The first-order valence-corrected chi connectivity index (χ1v) is 6.13. The van der Waals surface area contributed by atoms with E-state index in [-0.39, 0.29) is 16.2 Å². The lowest BCUT2D eigenvalue weighted by Gasteiger charge is -2.23. The third kappa shape index (κ3) is 2.25. The molecule has 0 spiro atoms. The van der Waals surface area contributed by atoms with Gasteiger partial charge in [-0.15, -0.1) is 0 Å². The summed E-state index contributed by atoms with van der Waals surface area (Å²) in [6, 6.07) is 8.16. The lowest BCUT2D eigenvalue weighted by molar-refractivity contribution is 0.296. The zero-order chi connectivity index (χ0) is 14.9. The number of hydrogen-bond acceptors (Lipinski definition) is 5. The van der Waals surface area contributed by atoms with E-state index >= 15 is 0 Å². The van der Waals surface area contributed by atoms with E-state index in [0.717, 1.165) is 0 Å². The number of hydrogen-bond donors (Lipinski definition) is 3. The number of halogens is 2. The monoisotopic (exact) mass is 307 g/mol. The molecule has 1 aliphatic heterocycles. The Balaban J connectivity index is 2.69. The molecule has 7 heteroatoms. The third-order valence-corrected chi connectivity index (χ3v) is 3.40. The summed E-state index contributed by atoms with van der Waals surface area (Å²) in [4.78, 5) is 0. The van der Waals surface area contributed by atoms with Crippen molar-refractivity contribution < 1.29 is 10.2 Å². The molecule has 0 saturated heterocycles. The Morgan fingerprint density at radius 3 is 2.05 bits per heavy atom. The zero-order valence-corrected chi connectivity index (χ0v) is 11.4. The van der Waals surface area contributed by atoms with Crippen LogP contribution in [-0.4, -0.2) is 10.2 Å². The molecular formula is C13H7Cl2N3O2. The summed E-state index contributed by atoms with van der Waals surface area (Å²) in [5, 5.41) is 40.5. The summed E-state index contributed by atoms with van der Waals surface area (Å²) >= 11 is 11.9. The molecule has 100 valence electrons. The van der Waals surface area contributed by atoms with Crippen LogP contribution in [0.5, 0.6) is 0 Å². The highest BCUT2D eigenvalue weighted by molar-refractivity contribution is 6.35. The van der Waals surface area contributed by atoms with E-state index in [0.29, 0.717) is 10.6 Å². The second-order valence-corrected chi connectivity index (χ2v) is 4.82. The van der Waals surface area contributed by atoms with Crippen molar-refractivity contribution >= 4 is 23.2 Å². The summed E-state index contributed by atoms with van der Waals surface area (Å²) in [5.74, 6) is -1.98. The molecule has 0 amide bonds. The van der Waals surface area contributed by atoms with Crippen molar-refractivity contribution in [3.63, 3.8) is 0 Å². The maximum absolute atomic E-state index is 9.70. The quantitative estimate of drug-likeness (QED) is 0.739. The largest absolute Gasteiger partial charge is 0.494 e. The summed E-state index contributed by atoms with van der Waals surface area (Å²) < 4.78 is 0. The lowest BCUT2D eigenvalue weighted by Crippen LogP contribution is -2.26. The molecular weight excluding hydrogens is 301 g/mol. The molecule has 20 heavy (non-hydrogen) atoms. The fourth-order valence-corrected chi connectivity index (χ4v) is 2.46. The number of nitrogens with zero attached hydrogens (tertiary/aromatic N) is 2. The van der Waals surface area contributed by atoms with Crippen LogP contribution in [0.1, 0.15) is 11.5 Å². The van der Waals surface area contributed by atoms with E-state index < -0.39 is 17.7 Å². The van der Waals surface area contributed by atoms with Crippen LogP contribution in [-0.2, 0) is 0 Å². The first-order chi connectivity index (χ1) is 9.49. The minimum atomic E-state index is -0.948. The van der Waals surface area contributed by atoms with Gasteiger partial charge in [0.05, 0.1) is 5.92 Å². The summed E-state index contributed by atoms with van der Waals surface area (Å²) in [6.45, 7) is 0. The predicted molar refractivity (Wildman–Crippen MR) is 72.9 cm³/mol. The number of nitriles is 2. The molecule has 1 heterocycles. The zero-order valence-electron chi connectivity index (χ0n) is 9.85. The number of nitrogens with one attached hydrogen (secondary N) is 1. The molecule has 0 fully saturated rings. The Labute approximate surface area is 124 Å². The average Bonchev–Trinajstić information content (AvgIpc) is 2.38. The van der Waals surface area contributed by atoms with Gasteiger partial charge in [0.15, 0.2) is 0 Å². The number of benzene rings is 1. The molecule has 2 rings (SSSR count). The Hall–Kier alpha value is -2.34. The lowest BCUT2D eigenvalue weighted by atomic mass is 9.84. The molecule has 1 aliphatic rings. The molecule has 0 radical (unpaired) electrons. The van der Waals surface area contributed by atoms with E-state index in [4.69, 9.17) is 33.7 Å². The van der Waals surface area contributed by atoms with Crippen molar-refractivity contribution in [3.8, 4) is 12.1 Å². The van der Waals surface area contributed by atoms with Crippen molar-refractivity contribution in [3.05, 3.63) is 56.7 Å². The van der Waals surface area contributed by atoms with Crippen molar-refractivity contribution in [2.75, 3.05) is 0 Å². The molecule has 1 aromatic carbocycles. The Morgan fingerprint density at radius 2 is 1.60 bits per heavy atom. The smallest absolute Gasteiger partial charge is 0.206 e. The second kappa shape index (κ2) is 5.34. The first-order valence-electron chi connectivity index (χ1n) is 5.38. The highest BCUT2D eigenvalue weighted by Gasteiger charge is 2.33. The summed E-state index contributed by atoms with van der Waals surface area (Å²) in [7, 11) is 0. The van der Waals surface area contributed by atoms with E-state index in [1.54, 1.807) is 6.07 Å². The second-order valence-electron chi connectivity index (χ2n) is 3.97. The van der Waals surface area contributed by atoms with E-state index in [1.807, 2.05) is 12.1 Å². The predicted octanol–water partition coefficient (Wildman–Crippen LogP) is 3.27. The van der Waals surface area contributed by atoms with Crippen LogP contribution in [0.2, 0.25) is 10.0 Å². The number of rotatable bonds is 1. The van der Waals surface area contributed by atoms with Gasteiger partial charge in [0, 0.05) is 10.0 Å². The van der Waals surface area contributed by atoms with Crippen LogP contribution < -0.4 is 5.32 Å². The molecule has 0 aliphatic carbocycles. The molecule has 1 aromatic rings. The summed E-state index contributed by atoms with van der Waals surface area (Å²) in [6.07, 6.45) is 0. The molecule has 0 saturated carbocycles. The molecule has 0 aromatic heterocycles. The van der Waals surface area contributed by atoms with E-state index in [2.05, 4.69) is 5.32 Å². The van der Waals surface area contributed by atoms with Crippen LogP contribution in [0.3, 0.4) is 0 Å². The van der Waals surface area contributed by atoms with Crippen LogP contribution >= 0.6 is 23.2 Å². The highest BCUT2D eigenvalue weighted by atomic mass is 35.5. The molecule has 0 bridgehead atoms. The molecule has 0 unspecified atom stereocenters. The molecule has 5 nitrogen and oxygen atoms in total. The minimum absolute atomic E-state index is 0.108. The Kier molecular flexibility index (Phi) is 3.76. The van der Waals surface area contributed by atoms with Crippen LogP contribution in [0, 0.1) is 22.7 Å². The van der Waals surface area contributed by atoms with Gasteiger partial charge < -0.3 is 10.2 Å². The van der Waals surface area contributed by atoms with Crippen molar-refractivity contribution in [1.82, 2.24) is 5.32 Å². The number of aliphatic hydroxyl groups excluding tert-OH is 2. The van der Waals surface area contributed by atoms with Gasteiger partial charge in [-0.3, -0.25) is 5.32 Å². The van der Waals surface area contributed by atoms with Crippen molar-refractivity contribution in [2.45, 2.75) is 5.92 Å². The SMILES string of the molecule is N#CC1=C(O)NC(O)=C(C#N)C1c1ccc(Cl)cc1Cl. The highest BCUT2D eigenvalue weighted by Crippen LogP contribution is 2.40. The average molecular weight is 308 g/mol. The molecule has 3 N–H and O–H groups in total. The standard InChI is InChI=1S/C13H7Cl2N3O2/c14-6-1-2-7(10(15)3-6)11-8(4-16)12(19)18-13(20)9(11)5-17/h1-3,11,18-20H. The Morgan fingerprint density at radius 1 is 1.05 bits per heavy atom. The third-order valence-electron chi connectivity index (χ3n) is 2.84. The summed E-state index contributed by atoms with van der Waals surface area (Å²) in [5.41, 5.74) is 0.177. The van der Waals surface area contributed by atoms with Gasteiger partial charge in [0.25, 0.3) is 0 Å². The minimum Gasteiger partial charge on any atom is -0.494 e. The van der Waals surface area contributed by atoms with Gasteiger partial charge >= 0.3 is 0 Å². The van der Waals surface area contributed by atoms with Crippen molar-refractivity contribution in [1.29, 1.82) is 10.5 Å². The molecule has 0 atom stereocenters. The van der Waals surface area contributed by atoms with E-state index in [9.17, 15) is 10.2 Å². The van der Waals surface area contributed by atoms with E-state index in [1.165, 1.54) is 12.1 Å². The normalized spacial score (nSPS) is 15.6. The van der Waals surface area contributed by atoms with Gasteiger partial charge in [-0.25, -0.2) is 0 Å². The van der Waals surface area contributed by atoms with Gasteiger partial charge in [-0.1, -0.05) is 29.3 Å². The maximum Gasteiger partial charge on any atom is 0.206 e. The van der Waals surface area contributed by atoms with Gasteiger partial charge in [0.2, 0.25) is 11.8 Å². The van der Waals surface area contributed by atoms with Crippen LogP contribution in [0.4, 0.5) is 0 Å². The van der Waals surface area contributed by atoms with Crippen LogP contribution in [0.15, 0.2) is 41.1 Å². The van der Waals surface area contributed by atoms with Gasteiger partial charge in [0.1, 0.15) is 23.3 Å².